The van der Waals surface area contributed by atoms with Crippen molar-refractivity contribution in [3.8, 4) is 0 Å². The quantitative estimate of drug-likeness (QED) is 0.604. The number of amides is 2. The second-order valence-corrected chi connectivity index (χ2v) is 10.6. The van der Waals surface area contributed by atoms with Crippen molar-refractivity contribution in [3.05, 3.63) is 65.7 Å². The predicted octanol–water partition coefficient (Wildman–Crippen LogP) is 2.11. The predicted molar refractivity (Wildman–Crippen MR) is 131 cm³/mol. The van der Waals surface area contributed by atoms with Gasteiger partial charge in [0.1, 0.15) is 0 Å². The number of rotatable bonds is 6. The Bertz CT molecular complexity index is 1110. The Labute approximate surface area is 206 Å². The first-order chi connectivity index (χ1) is 16.9. The number of carbonyl (C=O) groups is 2. The van der Waals surface area contributed by atoms with Crippen molar-refractivity contribution in [2.45, 2.75) is 18.4 Å². The molecule has 2 heterocycles. The Morgan fingerprint density at radius 3 is 2.00 bits per heavy atom. The van der Waals surface area contributed by atoms with Crippen LogP contribution in [0.1, 0.15) is 22.8 Å². The molecule has 2 amide bonds. The zero-order valence-corrected chi connectivity index (χ0v) is 20.8. The summed E-state index contributed by atoms with van der Waals surface area (Å²) in [6.07, 6.45) is -0.331. The van der Waals surface area contributed by atoms with Crippen molar-refractivity contribution >= 4 is 22.0 Å². The van der Waals surface area contributed by atoms with Crippen LogP contribution in [0.4, 0.5) is 4.79 Å². The third-order valence-electron chi connectivity index (χ3n) is 6.41. The first kappa shape index (κ1) is 25.2. The van der Waals surface area contributed by atoms with Gasteiger partial charge in [-0.2, -0.15) is 4.31 Å². The van der Waals surface area contributed by atoms with Crippen molar-refractivity contribution in [3.63, 3.8) is 0 Å². The van der Waals surface area contributed by atoms with Gasteiger partial charge >= 0.3 is 6.09 Å². The molecule has 35 heavy (non-hydrogen) atoms. The number of hydrogen-bond acceptors (Lipinski definition) is 6. The van der Waals surface area contributed by atoms with E-state index >= 15 is 0 Å². The third-order valence-corrected chi connectivity index (χ3v) is 8.33. The maximum Gasteiger partial charge on any atom is 0.409 e. The fourth-order valence-corrected chi connectivity index (χ4v) is 5.81. The number of benzene rings is 2. The van der Waals surface area contributed by atoms with E-state index in [4.69, 9.17) is 4.74 Å². The molecular formula is C25H32N4O5S. The van der Waals surface area contributed by atoms with Crippen LogP contribution in [-0.2, 0) is 21.3 Å². The van der Waals surface area contributed by atoms with Crippen LogP contribution < -0.4 is 0 Å². The zero-order chi connectivity index (χ0) is 24.8. The molecule has 2 aliphatic rings. The molecule has 2 aromatic rings. The molecule has 0 radical (unpaired) electrons. The number of ether oxygens (including phenoxy) is 1. The summed E-state index contributed by atoms with van der Waals surface area (Å²) in [6.45, 7) is 6.91. The molecule has 0 N–H and O–H groups in total. The van der Waals surface area contributed by atoms with Gasteiger partial charge in [-0.25, -0.2) is 13.2 Å². The molecule has 9 nitrogen and oxygen atoms in total. The average Bonchev–Trinajstić information content (AvgIpc) is 2.90. The van der Waals surface area contributed by atoms with E-state index < -0.39 is 10.0 Å². The molecule has 0 aliphatic carbocycles. The molecule has 0 bridgehead atoms. The first-order valence-electron chi connectivity index (χ1n) is 12.0. The van der Waals surface area contributed by atoms with Crippen LogP contribution in [-0.4, -0.2) is 98.4 Å². The normalized spacial score (nSPS) is 17.9. The van der Waals surface area contributed by atoms with Gasteiger partial charge < -0.3 is 14.5 Å². The van der Waals surface area contributed by atoms with Gasteiger partial charge in [0, 0.05) is 64.5 Å². The first-order valence-corrected chi connectivity index (χ1v) is 13.4. The Morgan fingerprint density at radius 1 is 0.800 bits per heavy atom. The van der Waals surface area contributed by atoms with Crippen LogP contribution in [0, 0.1) is 0 Å². The zero-order valence-electron chi connectivity index (χ0n) is 20.0. The minimum atomic E-state index is -3.46. The number of hydrogen-bond donors (Lipinski definition) is 0. The van der Waals surface area contributed by atoms with Crippen molar-refractivity contribution < 1.29 is 22.7 Å². The lowest BCUT2D eigenvalue weighted by Crippen LogP contribution is -2.50. The number of sulfonamides is 1. The van der Waals surface area contributed by atoms with Gasteiger partial charge in [0.15, 0.2) is 0 Å². The molecule has 0 aromatic heterocycles. The van der Waals surface area contributed by atoms with Gasteiger partial charge in [-0.15, -0.1) is 0 Å². The topological polar surface area (TPSA) is 90.5 Å². The highest BCUT2D eigenvalue weighted by Gasteiger charge is 2.28. The fourth-order valence-electron chi connectivity index (χ4n) is 4.37. The van der Waals surface area contributed by atoms with Crippen LogP contribution in [0.2, 0.25) is 0 Å². The summed E-state index contributed by atoms with van der Waals surface area (Å²) in [4.78, 5) is 30.7. The van der Waals surface area contributed by atoms with E-state index in [9.17, 15) is 18.0 Å². The van der Waals surface area contributed by atoms with Crippen LogP contribution in [0.25, 0.3) is 0 Å². The lowest BCUT2D eigenvalue weighted by atomic mass is 10.1. The largest absolute Gasteiger partial charge is 0.450 e. The highest BCUT2D eigenvalue weighted by atomic mass is 32.2. The van der Waals surface area contributed by atoms with E-state index in [1.54, 1.807) is 45.3 Å². The molecule has 0 unspecified atom stereocenters. The summed E-state index contributed by atoms with van der Waals surface area (Å²) in [5, 5.41) is 0. The number of piperazine rings is 2. The lowest BCUT2D eigenvalue weighted by molar-refractivity contribution is 0.0570. The summed E-state index contributed by atoms with van der Waals surface area (Å²) < 4.78 is 32.2. The van der Waals surface area contributed by atoms with E-state index in [1.165, 1.54) is 0 Å². The SMILES string of the molecule is CCOC(=O)N1CCN(C(=O)c2ccc(CN3CCN(S(=O)(=O)c4ccccc4)CC3)cc2)CC1. The molecule has 4 rings (SSSR count). The Hall–Kier alpha value is -2.95. The molecule has 0 spiro atoms. The summed E-state index contributed by atoms with van der Waals surface area (Å²) in [6, 6.07) is 16.1. The molecule has 2 aliphatic heterocycles. The van der Waals surface area contributed by atoms with E-state index in [0.717, 1.165) is 5.56 Å². The van der Waals surface area contributed by atoms with Crippen LogP contribution in [0.3, 0.4) is 0 Å². The van der Waals surface area contributed by atoms with E-state index in [1.807, 2.05) is 30.3 Å². The second kappa shape index (κ2) is 11.2. The highest BCUT2D eigenvalue weighted by molar-refractivity contribution is 7.89. The van der Waals surface area contributed by atoms with Crippen molar-refractivity contribution in [2.75, 3.05) is 59.0 Å². The minimum absolute atomic E-state index is 0.0419. The van der Waals surface area contributed by atoms with E-state index in [2.05, 4.69) is 4.90 Å². The van der Waals surface area contributed by atoms with Gasteiger partial charge in [-0.3, -0.25) is 9.69 Å². The summed E-state index contributed by atoms with van der Waals surface area (Å²) >= 11 is 0. The van der Waals surface area contributed by atoms with Gasteiger partial charge in [-0.05, 0) is 36.8 Å². The molecule has 2 saturated heterocycles. The third kappa shape index (κ3) is 6.01. The van der Waals surface area contributed by atoms with Gasteiger partial charge in [0.05, 0.1) is 11.5 Å². The standard InChI is InChI=1S/C25H32N4O5S/c1-2-34-25(31)28-16-14-27(15-17-28)24(30)22-10-8-21(9-11-22)20-26-12-18-29(19-13-26)35(32,33)23-6-4-3-5-7-23/h3-11H,2,12-20H2,1H3. The van der Waals surface area contributed by atoms with E-state index in [0.29, 0.717) is 76.0 Å². The van der Waals surface area contributed by atoms with Gasteiger partial charge in [0.2, 0.25) is 10.0 Å². The number of nitrogens with zero attached hydrogens (tertiary/aromatic N) is 4. The smallest absolute Gasteiger partial charge is 0.409 e. The average molecular weight is 501 g/mol. The summed E-state index contributed by atoms with van der Waals surface area (Å²) in [7, 11) is -3.46. The second-order valence-electron chi connectivity index (χ2n) is 8.67. The number of carbonyl (C=O) groups excluding carboxylic acids is 2. The molecule has 10 heteroatoms. The Morgan fingerprint density at radius 2 is 1.40 bits per heavy atom. The van der Waals surface area contributed by atoms with Crippen LogP contribution >= 0.6 is 0 Å². The molecule has 188 valence electrons. The van der Waals surface area contributed by atoms with Gasteiger partial charge in [-0.1, -0.05) is 30.3 Å². The Balaban J connectivity index is 1.26. The maximum absolute atomic E-state index is 12.9. The van der Waals surface area contributed by atoms with E-state index in [-0.39, 0.29) is 12.0 Å². The molecule has 0 saturated carbocycles. The van der Waals surface area contributed by atoms with Crippen molar-refractivity contribution in [1.29, 1.82) is 0 Å². The van der Waals surface area contributed by atoms with Crippen LogP contribution in [0.15, 0.2) is 59.5 Å². The van der Waals surface area contributed by atoms with Crippen molar-refractivity contribution in [2.24, 2.45) is 0 Å². The summed E-state index contributed by atoms with van der Waals surface area (Å²) in [5.74, 6) is -0.0419. The fraction of sp³-hybridized carbons (Fsp3) is 0.440. The Kier molecular flexibility index (Phi) is 8.04. The minimum Gasteiger partial charge on any atom is -0.450 e. The maximum atomic E-state index is 12.9. The molecular weight excluding hydrogens is 468 g/mol. The summed E-state index contributed by atoms with van der Waals surface area (Å²) in [5.41, 5.74) is 1.70. The highest BCUT2D eigenvalue weighted by Crippen LogP contribution is 2.19. The molecule has 2 fully saturated rings. The monoisotopic (exact) mass is 500 g/mol. The molecule has 0 atom stereocenters. The lowest BCUT2D eigenvalue weighted by Gasteiger charge is -2.34. The van der Waals surface area contributed by atoms with Crippen molar-refractivity contribution in [1.82, 2.24) is 19.0 Å². The molecule has 2 aromatic carbocycles. The van der Waals surface area contributed by atoms with Gasteiger partial charge in [0.25, 0.3) is 5.91 Å². The van der Waals surface area contributed by atoms with Crippen LogP contribution in [0.5, 0.6) is 0 Å².